The fourth-order valence-electron chi connectivity index (χ4n) is 3.57. The number of halogens is 4. The fourth-order valence-corrected chi connectivity index (χ4v) is 3.69. The van der Waals surface area contributed by atoms with Crippen LogP contribution in [-0.2, 0) is 12.7 Å². The molecule has 2 amide bonds. The number of benzene rings is 2. The molecular formula is C22H23ClF3N5O. The number of likely N-dealkylation sites (tertiary alicyclic amines) is 1. The number of nitrogens with zero attached hydrogens (tertiary/aromatic N) is 2. The summed E-state index contributed by atoms with van der Waals surface area (Å²) < 4.78 is 38.2. The highest BCUT2D eigenvalue weighted by Crippen LogP contribution is 2.30. The molecule has 1 fully saturated rings. The van der Waals surface area contributed by atoms with E-state index in [0.29, 0.717) is 24.4 Å². The van der Waals surface area contributed by atoms with E-state index < -0.39 is 23.8 Å². The number of amides is 2. The molecule has 0 aromatic heterocycles. The molecular weight excluding hydrogens is 443 g/mol. The van der Waals surface area contributed by atoms with Gasteiger partial charge >= 0.3 is 12.2 Å². The van der Waals surface area contributed by atoms with E-state index in [2.05, 4.69) is 5.32 Å². The zero-order valence-corrected chi connectivity index (χ0v) is 18.1. The molecule has 170 valence electrons. The van der Waals surface area contributed by atoms with Crippen LogP contribution in [0.15, 0.2) is 48.5 Å². The van der Waals surface area contributed by atoms with Crippen LogP contribution in [0.5, 0.6) is 0 Å². The van der Waals surface area contributed by atoms with E-state index in [1.165, 1.54) is 21.9 Å². The minimum absolute atomic E-state index is 0.118. The van der Waals surface area contributed by atoms with Gasteiger partial charge in [-0.2, -0.15) is 13.2 Å². The molecule has 2 aromatic carbocycles. The number of carbonyl (C=O) groups is 1. The molecule has 1 aliphatic rings. The largest absolute Gasteiger partial charge is 0.416 e. The second kappa shape index (κ2) is 9.60. The average Bonchev–Trinajstić information content (AvgIpc) is 3.22. The number of alkyl halides is 3. The number of anilines is 1. The van der Waals surface area contributed by atoms with Crippen molar-refractivity contribution in [3.8, 4) is 0 Å². The lowest BCUT2D eigenvalue weighted by Crippen LogP contribution is -2.49. The molecule has 32 heavy (non-hydrogen) atoms. The quantitative estimate of drug-likeness (QED) is 0.392. The lowest BCUT2D eigenvalue weighted by molar-refractivity contribution is -0.137. The molecule has 3 rings (SSSR count). The van der Waals surface area contributed by atoms with E-state index in [9.17, 15) is 18.0 Å². The maximum Gasteiger partial charge on any atom is 0.416 e. The van der Waals surface area contributed by atoms with Gasteiger partial charge in [0.2, 0.25) is 0 Å². The first kappa shape index (κ1) is 23.6. The summed E-state index contributed by atoms with van der Waals surface area (Å²) in [6.07, 6.45) is -3.21. The van der Waals surface area contributed by atoms with Crippen molar-refractivity contribution in [2.24, 2.45) is 0 Å². The van der Waals surface area contributed by atoms with Crippen LogP contribution in [0.1, 0.15) is 30.9 Å². The van der Waals surface area contributed by atoms with Gasteiger partial charge in [-0.25, -0.2) is 4.79 Å². The predicted molar refractivity (Wildman–Crippen MR) is 118 cm³/mol. The van der Waals surface area contributed by atoms with Gasteiger partial charge in [0, 0.05) is 17.3 Å². The van der Waals surface area contributed by atoms with E-state index in [1.807, 2.05) is 12.1 Å². The third-order valence-corrected chi connectivity index (χ3v) is 5.49. The van der Waals surface area contributed by atoms with Gasteiger partial charge in [-0.1, -0.05) is 23.7 Å². The zero-order chi connectivity index (χ0) is 23.5. The molecule has 1 heterocycles. The molecule has 6 nitrogen and oxygen atoms in total. The SMILES string of the molecule is CC(=N)N(Cc1ccc(Cl)cc1)C(=N)[C@H]1CCCN1C(=O)Nc1ccc(C(F)(F)F)cc1. The third kappa shape index (κ3) is 5.59. The first-order valence-corrected chi connectivity index (χ1v) is 10.3. The number of amidine groups is 2. The number of hydrogen-bond donors (Lipinski definition) is 3. The Labute approximate surface area is 189 Å². The van der Waals surface area contributed by atoms with Gasteiger partial charge in [-0.05, 0) is 61.7 Å². The average molecular weight is 466 g/mol. The molecule has 0 radical (unpaired) electrons. The minimum atomic E-state index is -4.45. The van der Waals surface area contributed by atoms with Crippen molar-refractivity contribution in [1.29, 1.82) is 10.8 Å². The summed E-state index contributed by atoms with van der Waals surface area (Å²) in [6, 6.07) is 10.3. The Balaban J connectivity index is 1.71. The maximum absolute atomic E-state index is 12.8. The lowest BCUT2D eigenvalue weighted by atomic mass is 10.1. The third-order valence-electron chi connectivity index (χ3n) is 5.24. The van der Waals surface area contributed by atoms with Crippen LogP contribution >= 0.6 is 11.6 Å². The molecule has 0 unspecified atom stereocenters. The van der Waals surface area contributed by atoms with Crippen LogP contribution < -0.4 is 5.32 Å². The zero-order valence-electron chi connectivity index (χ0n) is 17.3. The molecule has 0 saturated carbocycles. The Morgan fingerprint density at radius 3 is 2.34 bits per heavy atom. The van der Waals surface area contributed by atoms with Crippen LogP contribution in [-0.4, -0.2) is 40.1 Å². The summed E-state index contributed by atoms with van der Waals surface area (Å²) in [5, 5.41) is 20.0. The van der Waals surface area contributed by atoms with Gasteiger partial charge in [-0.3, -0.25) is 10.8 Å². The van der Waals surface area contributed by atoms with Crippen LogP contribution in [0.4, 0.5) is 23.7 Å². The molecule has 2 aromatic rings. The Morgan fingerprint density at radius 1 is 1.16 bits per heavy atom. The topological polar surface area (TPSA) is 83.3 Å². The van der Waals surface area contributed by atoms with Crippen molar-refractivity contribution in [3.05, 3.63) is 64.7 Å². The summed E-state index contributed by atoms with van der Waals surface area (Å²) in [5.74, 6) is 0.285. The molecule has 10 heteroatoms. The van der Waals surface area contributed by atoms with Crippen LogP contribution in [0.3, 0.4) is 0 Å². The van der Waals surface area contributed by atoms with Crippen LogP contribution in [0.2, 0.25) is 5.02 Å². The summed E-state index contributed by atoms with van der Waals surface area (Å²) in [5.41, 5.74) is 0.307. The van der Waals surface area contributed by atoms with Crippen LogP contribution in [0.25, 0.3) is 0 Å². The number of hydrogen-bond acceptors (Lipinski definition) is 3. The molecule has 3 N–H and O–H groups in total. The molecule has 0 aliphatic carbocycles. The highest BCUT2D eigenvalue weighted by atomic mass is 35.5. The highest BCUT2D eigenvalue weighted by Gasteiger charge is 2.35. The van der Waals surface area contributed by atoms with Gasteiger partial charge in [0.25, 0.3) is 0 Å². The summed E-state index contributed by atoms with van der Waals surface area (Å²) in [6.45, 7) is 2.27. The molecule has 1 aliphatic heterocycles. The van der Waals surface area contributed by atoms with Crippen molar-refractivity contribution in [1.82, 2.24) is 9.80 Å². The Kier molecular flexibility index (Phi) is 7.08. The smallest absolute Gasteiger partial charge is 0.314 e. The fraction of sp³-hybridized carbons (Fsp3) is 0.318. The molecule has 1 saturated heterocycles. The molecule has 0 bridgehead atoms. The predicted octanol–water partition coefficient (Wildman–Crippen LogP) is 5.83. The van der Waals surface area contributed by atoms with E-state index in [-0.39, 0.29) is 23.9 Å². The lowest BCUT2D eigenvalue weighted by Gasteiger charge is -2.32. The van der Waals surface area contributed by atoms with E-state index in [0.717, 1.165) is 17.7 Å². The monoisotopic (exact) mass is 465 g/mol. The van der Waals surface area contributed by atoms with Crippen molar-refractivity contribution < 1.29 is 18.0 Å². The van der Waals surface area contributed by atoms with E-state index >= 15 is 0 Å². The summed E-state index contributed by atoms with van der Waals surface area (Å²) in [7, 11) is 0. The number of rotatable bonds is 4. The van der Waals surface area contributed by atoms with Crippen LogP contribution in [0, 0.1) is 10.8 Å². The van der Waals surface area contributed by atoms with Crippen molar-refractivity contribution in [2.45, 2.75) is 38.5 Å². The van der Waals surface area contributed by atoms with Gasteiger partial charge in [-0.15, -0.1) is 0 Å². The summed E-state index contributed by atoms with van der Waals surface area (Å²) in [4.78, 5) is 15.8. The Morgan fingerprint density at radius 2 is 1.78 bits per heavy atom. The number of urea groups is 1. The summed E-state index contributed by atoms with van der Waals surface area (Å²) >= 11 is 5.92. The maximum atomic E-state index is 12.8. The standard InChI is InChI=1S/C22H23ClF3N5O/c1-14(27)31(13-15-4-8-17(23)9-5-15)20(28)19-3-2-12-30(19)21(32)29-18-10-6-16(7-11-18)22(24,25)26/h4-11,19,27-28H,2-3,12-13H2,1H3,(H,29,32)/t19-/m1/s1. The normalized spacial score (nSPS) is 16.0. The number of nitrogens with one attached hydrogen (secondary N) is 3. The van der Waals surface area contributed by atoms with Crippen molar-refractivity contribution in [2.75, 3.05) is 11.9 Å². The molecule has 0 spiro atoms. The van der Waals surface area contributed by atoms with Crippen molar-refractivity contribution >= 4 is 35.0 Å². The van der Waals surface area contributed by atoms with E-state index in [1.54, 1.807) is 19.1 Å². The van der Waals surface area contributed by atoms with Gasteiger partial charge < -0.3 is 15.1 Å². The minimum Gasteiger partial charge on any atom is -0.314 e. The van der Waals surface area contributed by atoms with Gasteiger partial charge in [0.15, 0.2) is 0 Å². The van der Waals surface area contributed by atoms with Gasteiger partial charge in [0.1, 0.15) is 5.84 Å². The molecule has 1 atom stereocenters. The first-order chi connectivity index (χ1) is 15.1. The second-order valence-corrected chi connectivity index (χ2v) is 7.98. The first-order valence-electron chi connectivity index (χ1n) is 9.96. The Bertz CT molecular complexity index is 992. The van der Waals surface area contributed by atoms with Crippen molar-refractivity contribution in [3.63, 3.8) is 0 Å². The van der Waals surface area contributed by atoms with Gasteiger partial charge in [0.05, 0.1) is 24.0 Å². The second-order valence-electron chi connectivity index (χ2n) is 7.54. The van der Waals surface area contributed by atoms with E-state index in [4.69, 9.17) is 22.4 Å². The number of carbonyl (C=O) groups excluding carboxylic acids is 1. The highest BCUT2D eigenvalue weighted by molar-refractivity contribution is 6.30. The Hall–Kier alpha value is -3.07.